The topological polar surface area (TPSA) is 60.4 Å². The summed E-state index contributed by atoms with van der Waals surface area (Å²) in [5, 5.41) is 3.08. The summed E-state index contributed by atoms with van der Waals surface area (Å²) in [6.45, 7) is 1.89. The second kappa shape index (κ2) is 5.67. The van der Waals surface area contributed by atoms with E-state index in [9.17, 15) is 4.79 Å². The minimum Gasteiger partial charge on any atom is -0.431 e. The van der Waals surface area contributed by atoms with Gasteiger partial charge in [0.2, 0.25) is 0 Å². The highest BCUT2D eigenvalue weighted by Gasteiger charge is 2.10. The number of hydrogen-bond donors (Lipinski definition) is 0. The number of oxazole rings is 1. The number of nitrogens with zero attached hydrogens (tertiary/aromatic N) is 3. The first-order chi connectivity index (χ1) is 11.1. The summed E-state index contributed by atoms with van der Waals surface area (Å²) in [4.78, 5) is 21.7. The zero-order valence-corrected chi connectivity index (χ0v) is 14.3. The van der Waals surface area contributed by atoms with Gasteiger partial charge in [0.1, 0.15) is 5.52 Å². The van der Waals surface area contributed by atoms with Gasteiger partial charge >= 0.3 is 0 Å². The zero-order valence-electron chi connectivity index (χ0n) is 11.9. The summed E-state index contributed by atoms with van der Waals surface area (Å²) in [5.41, 5.74) is 2.96. The maximum atomic E-state index is 12.1. The normalized spacial score (nSPS) is 11.6. The summed E-state index contributed by atoms with van der Waals surface area (Å²) in [6, 6.07) is 6.87. The fourth-order valence-corrected chi connectivity index (χ4v) is 4.04. The third-order valence-electron chi connectivity index (χ3n) is 3.30. The largest absolute Gasteiger partial charge is 0.431 e. The van der Waals surface area contributed by atoms with Crippen molar-refractivity contribution in [2.24, 2.45) is 0 Å². The Hall–Kier alpha value is -1.83. The Bertz CT molecular complexity index is 1080. The Morgan fingerprint density at radius 1 is 1.35 bits per heavy atom. The highest BCUT2D eigenvalue weighted by atomic mass is 35.5. The lowest BCUT2D eigenvalue weighted by molar-refractivity contribution is 0.489. The molecule has 0 atom stereocenters. The first kappa shape index (κ1) is 14.7. The fourth-order valence-electron chi connectivity index (χ4n) is 2.25. The smallest absolute Gasteiger partial charge is 0.258 e. The molecule has 0 aliphatic carbocycles. The van der Waals surface area contributed by atoms with Gasteiger partial charge in [0.05, 0.1) is 5.69 Å². The van der Waals surface area contributed by atoms with Crippen LogP contribution in [-0.4, -0.2) is 14.4 Å². The van der Waals surface area contributed by atoms with Gasteiger partial charge in [-0.05, 0) is 25.1 Å². The number of thioether (sulfide) groups is 1. The molecule has 1 aromatic carbocycles. The van der Waals surface area contributed by atoms with Gasteiger partial charge in [-0.25, -0.2) is 9.97 Å². The molecule has 0 saturated heterocycles. The molecule has 8 heteroatoms. The van der Waals surface area contributed by atoms with Crippen LogP contribution in [-0.2, 0) is 5.75 Å². The van der Waals surface area contributed by atoms with E-state index < -0.39 is 0 Å². The molecular formula is C15H10ClN3O2S2. The lowest BCUT2D eigenvalue weighted by Gasteiger charge is -1.99. The average molecular weight is 364 g/mol. The summed E-state index contributed by atoms with van der Waals surface area (Å²) in [5.74, 6) is 0.517. The Morgan fingerprint density at radius 3 is 3.09 bits per heavy atom. The summed E-state index contributed by atoms with van der Waals surface area (Å²) < 4.78 is 7.26. The van der Waals surface area contributed by atoms with Crippen LogP contribution in [0.3, 0.4) is 0 Å². The van der Waals surface area contributed by atoms with Crippen molar-refractivity contribution in [3.63, 3.8) is 0 Å². The molecular weight excluding hydrogens is 354 g/mol. The maximum Gasteiger partial charge on any atom is 0.258 e. The molecule has 0 saturated carbocycles. The third kappa shape index (κ3) is 2.75. The van der Waals surface area contributed by atoms with Gasteiger partial charge in [-0.15, -0.1) is 11.3 Å². The van der Waals surface area contributed by atoms with Crippen LogP contribution in [0, 0.1) is 6.92 Å². The quantitative estimate of drug-likeness (QED) is 0.512. The first-order valence-electron chi connectivity index (χ1n) is 6.76. The van der Waals surface area contributed by atoms with Crippen molar-refractivity contribution in [2.75, 3.05) is 0 Å². The highest BCUT2D eigenvalue weighted by Crippen LogP contribution is 2.27. The molecule has 4 rings (SSSR count). The van der Waals surface area contributed by atoms with Crippen molar-refractivity contribution in [1.29, 1.82) is 0 Å². The number of fused-ring (bicyclic) bond motifs is 2. The Balaban J connectivity index is 1.61. The number of benzene rings is 1. The Labute approximate surface area is 143 Å². The predicted molar refractivity (Wildman–Crippen MR) is 92.7 cm³/mol. The van der Waals surface area contributed by atoms with E-state index in [-0.39, 0.29) is 5.56 Å². The van der Waals surface area contributed by atoms with Crippen LogP contribution >= 0.6 is 34.7 Å². The van der Waals surface area contributed by atoms with Gasteiger partial charge in [0.25, 0.3) is 10.8 Å². The molecule has 23 heavy (non-hydrogen) atoms. The van der Waals surface area contributed by atoms with E-state index in [0.717, 1.165) is 11.2 Å². The van der Waals surface area contributed by atoms with Crippen molar-refractivity contribution in [3.8, 4) is 0 Å². The van der Waals surface area contributed by atoms with Crippen LogP contribution in [0.15, 0.2) is 44.1 Å². The first-order valence-corrected chi connectivity index (χ1v) is 9.00. The molecule has 4 aromatic rings. The maximum absolute atomic E-state index is 12.1. The molecule has 5 nitrogen and oxygen atoms in total. The van der Waals surface area contributed by atoms with Gasteiger partial charge in [0, 0.05) is 27.9 Å². The lowest BCUT2D eigenvalue weighted by Crippen LogP contribution is -2.14. The summed E-state index contributed by atoms with van der Waals surface area (Å²) in [6.07, 6.45) is 0. The van der Waals surface area contributed by atoms with E-state index in [0.29, 0.717) is 32.2 Å². The molecule has 0 unspecified atom stereocenters. The van der Waals surface area contributed by atoms with Gasteiger partial charge in [-0.3, -0.25) is 9.20 Å². The van der Waals surface area contributed by atoms with Crippen LogP contribution < -0.4 is 5.56 Å². The van der Waals surface area contributed by atoms with Gasteiger partial charge in [0.15, 0.2) is 10.5 Å². The number of halogens is 1. The number of aromatic nitrogens is 3. The molecule has 0 fully saturated rings. The monoisotopic (exact) mass is 363 g/mol. The van der Waals surface area contributed by atoms with Crippen LogP contribution in [0.1, 0.15) is 11.4 Å². The standard InChI is InChI=1S/C15H10ClN3O2S2/c1-8-6-22-14-17-10(5-13(20)19(8)14)7-23-15-18-11-4-9(16)2-3-12(11)21-15/h2-6H,7H2,1H3. The molecule has 0 radical (unpaired) electrons. The molecule has 0 N–H and O–H groups in total. The molecule has 0 aliphatic heterocycles. The van der Waals surface area contributed by atoms with Crippen LogP contribution in [0.4, 0.5) is 0 Å². The van der Waals surface area contributed by atoms with Crippen LogP contribution in [0.2, 0.25) is 5.02 Å². The zero-order chi connectivity index (χ0) is 16.0. The Morgan fingerprint density at radius 2 is 2.22 bits per heavy atom. The van der Waals surface area contributed by atoms with E-state index in [1.165, 1.54) is 23.1 Å². The van der Waals surface area contributed by atoms with Gasteiger partial charge in [-0.1, -0.05) is 23.4 Å². The van der Waals surface area contributed by atoms with Crippen LogP contribution in [0.25, 0.3) is 16.1 Å². The van der Waals surface area contributed by atoms with Crippen molar-refractivity contribution in [2.45, 2.75) is 17.9 Å². The van der Waals surface area contributed by atoms with Crippen molar-refractivity contribution < 1.29 is 4.42 Å². The SMILES string of the molecule is Cc1csc2nc(CSc3nc4cc(Cl)ccc4o3)cc(=O)n12. The van der Waals surface area contributed by atoms with E-state index in [1.54, 1.807) is 28.7 Å². The predicted octanol–water partition coefficient (Wildman–Crippen LogP) is 4.15. The fraction of sp³-hybridized carbons (Fsp3) is 0.133. The molecule has 3 aromatic heterocycles. The molecule has 0 bridgehead atoms. The van der Waals surface area contributed by atoms with E-state index in [4.69, 9.17) is 16.0 Å². The molecule has 0 amide bonds. The van der Waals surface area contributed by atoms with Crippen LogP contribution in [0.5, 0.6) is 0 Å². The summed E-state index contributed by atoms with van der Waals surface area (Å²) >= 11 is 8.80. The third-order valence-corrected chi connectivity index (χ3v) is 5.34. The summed E-state index contributed by atoms with van der Waals surface area (Å²) in [7, 11) is 0. The second-order valence-electron chi connectivity index (χ2n) is 4.96. The average Bonchev–Trinajstić information content (AvgIpc) is 3.08. The van der Waals surface area contributed by atoms with E-state index >= 15 is 0 Å². The van der Waals surface area contributed by atoms with Gasteiger partial charge in [-0.2, -0.15) is 0 Å². The van der Waals surface area contributed by atoms with Gasteiger partial charge < -0.3 is 4.42 Å². The van der Waals surface area contributed by atoms with Crippen molar-refractivity contribution >= 4 is 50.8 Å². The molecule has 116 valence electrons. The van der Waals surface area contributed by atoms with E-state index in [2.05, 4.69) is 9.97 Å². The van der Waals surface area contributed by atoms with E-state index in [1.807, 2.05) is 12.3 Å². The number of hydrogen-bond acceptors (Lipinski definition) is 6. The molecule has 0 aliphatic rings. The number of rotatable bonds is 3. The van der Waals surface area contributed by atoms with Crippen molar-refractivity contribution in [1.82, 2.24) is 14.4 Å². The second-order valence-corrected chi connectivity index (χ2v) is 7.16. The van der Waals surface area contributed by atoms with Crippen molar-refractivity contribution in [3.05, 3.63) is 56.4 Å². The number of aryl methyl sites for hydroxylation is 1. The molecule has 0 spiro atoms. The highest BCUT2D eigenvalue weighted by molar-refractivity contribution is 7.98. The number of thiazole rings is 1. The molecule has 3 heterocycles. The lowest BCUT2D eigenvalue weighted by atomic mass is 10.3. The minimum atomic E-state index is -0.0614. The Kier molecular flexibility index (Phi) is 3.63. The minimum absolute atomic E-state index is 0.0614.